The van der Waals surface area contributed by atoms with E-state index in [1.165, 1.54) is 21.9 Å². The predicted octanol–water partition coefficient (Wildman–Crippen LogP) is 5.30. The molecule has 0 aliphatic carbocycles. The van der Waals surface area contributed by atoms with Crippen molar-refractivity contribution in [1.29, 1.82) is 0 Å². The number of rotatable bonds is 6. The molecule has 1 heteroatoms. The molecule has 0 unspecified atom stereocenters. The maximum atomic E-state index is 3.69. The maximum Gasteiger partial charge on any atom is 0.0377 e. The molecular formula is C22H25N. The van der Waals surface area contributed by atoms with Crippen LogP contribution in [0.2, 0.25) is 0 Å². The Morgan fingerprint density at radius 2 is 1.48 bits per heavy atom. The molecule has 1 nitrogen and oxygen atoms in total. The number of nitrogens with one attached hydrogen (secondary N) is 1. The first kappa shape index (κ1) is 15.8. The number of benzene rings is 3. The van der Waals surface area contributed by atoms with Gasteiger partial charge in [0.05, 0.1) is 0 Å². The fraction of sp³-hybridized carbons (Fsp3) is 0.273. The van der Waals surface area contributed by atoms with Crippen molar-refractivity contribution in [2.75, 3.05) is 6.54 Å². The standard InChI is InChI=1S/C22H25N/c1-22(2,20-14-4-3-5-15-20)23-17-9-13-19-12-8-11-18-10-6-7-16-21(18)19/h3-8,10-12,14-16,23H,9,13,17H2,1-2H3. The van der Waals surface area contributed by atoms with Gasteiger partial charge in [0.25, 0.3) is 0 Å². The van der Waals surface area contributed by atoms with Gasteiger partial charge in [0.15, 0.2) is 0 Å². The largest absolute Gasteiger partial charge is 0.308 e. The van der Waals surface area contributed by atoms with Gasteiger partial charge in [0.1, 0.15) is 0 Å². The van der Waals surface area contributed by atoms with E-state index in [2.05, 4.69) is 92.0 Å². The first-order chi connectivity index (χ1) is 11.2. The average molecular weight is 303 g/mol. The van der Waals surface area contributed by atoms with Crippen LogP contribution in [0.1, 0.15) is 31.4 Å². The van der Waals surface area contributed by atoms with Crippen LogP contribution < -0.4 is 5.32 Å². The topological polar surface area (TPSA) is 12.0 Å². The van der Waals surface area contributed by atoms with E-state index in [9.17, 15) is 0 Å². The van der Waals surface area contributed by atoms with Gasteiger partial charge in [-0.1, -0.05) is 72.8 Å². The highest BCUT2D eigenvalue weighted by Gasteiger charge is 2.18. The van der Waals surface area contributed by atoms with Crippen LogP contribution in [0.4, 0.5) is 0 Å². The Bertz CT molecular complexity index is 754. The van der Waals surface area contributed by atoms with Gasteiger partial charge in [-0.15, -0.1) is 0 Å². The van der Waals surface area contributed by atoms with Crippen LogP contribution in [-0.4, -0.2) is 6.54 Å². The summed E-state index contributed by atoms with van der Waals surface area (Å²) in [6, 6.07) is 25.9. The number of fused-ring (bicyclic) bond motifs is 1. The van der Waals surface area contributed by atoms with E-state index in [1.54, 1.807) is 0 Å². The lowest BCUT2D eigenvalue weighted by molar-refractivity contribution is 0.400. The zero-order valence-electron chi connectivity index (χ0n) is 14.0. The molecule has 3 aromatic carbocycles. The summed E-state index contributed by atoms with van der Waals surface area (Å²) in [7, 11) is 0. The summed E-state index contributed by atoms with van der Waals surface area (Å²) in [5.41, 5.74) is 2.80. The van der Waals surface area contributed by atoms with E-state index in [4.69, 9.17) is 0 Å². The third kappa shape index (κ3) is 3.80. The van der Waals surface area contributed by atoms with Gasteiger partial charge in [0, 0.05) is 5.54 Å². The minimum Gasteiger partial charge on any atom is -0.308 e. The Morgan fingerprint density at radius 3 is 2.30 bits per heavy atom. The second-order valence-electron chi connectivity index (χ2n) is 6.66. The van der Waals surface area contributed by atoms with Crippen molar-refractivity contribution in [3.8, 4) is 0 Å². The fourth-order valence-electron chi connectivity index (χ4n) is 3.15. The molecule has 0 aliphatic rings. The van der Waals surface area contributed by atoms with Crippen molar-refractivity contribution >= 4 is 10.8 Å². The predicted molar refractivity (Wildman–Crippen MR) is 99.7 cm³/mol. The zero-order valence-corrected chi connectivity index (χ0v) is 14.0. The molecule has 0 aromatic heterocycles. The number of aryl methyl sites for hydroxylation is 1. The van der Waals surface area contributed by atoms with Gasteiger partial charge in [-0.05, 0) is 55.1 Å². The lowest BCUT2D eigenvalue weighted by Gasteiger charge is -2.27. The summed E-state index contributed by atoms with van der Waals surface area (Å²) >= 11 is 0. The van der Waals surface area contributed by atoms with Crippen LogP contribution in [-0.2, 0) is 12.0 Å². The Hall–Kier alpha value is -2.12. The van der Waals surface area contributed by atoms with Crippen LogP contribution in [0.5, 0.6) is 0 Å². The van der Waals surface area contributed by atoms with Crippen LogP contribution in [0.3, 0.4) is 0 Å². The van der Waals surface area contributed by atoms with Gasteiger partial charge in [-0.25, -0.2) is 0 Å². The average Bonchev–Trinajstić information content (AvgIpc) is 2.59. The molecule has 3 aromatic rings. The first-order valence-electron chi connectivity index (χ1n) is 8.44. The van der Waals surface area contributed by atoms with Crippen molar-refractivity contribution in [3.63, 3.8) is 0 Å². The minimum absolute atomic E-state index is 0.0139. The molecule has 0 radical (unpaired) electrons. The molecule has 0 bridgehead atoms. The molecule has 0 fully saturated rings. The van der Waals surface area contributed by atoms with Gasteiger partial charge < -0.3 is 5.32 Å². The quantitative estimate of drug-likeness (QED) is 0.609. The maximum absolute atomic E-state index is 3.69. The van der Waals surface area contributed by atoms with Crippen LogP contribution in [0, 0.1) is 0 Å². The summed E-state index contributed by atoms with van der Waals surface area (Å²) in [6.45, 7) is 5.52. The number of hydrogen-bond acceptors (Lipinski definition) is 1. The molecule has 0 aliphatic heterocycles. The Kier molecular flexibility index (Phi) is 4.78. The third-order valence-corrected chi connectivity index (χ3v) is 4.57. The molecule has 3 rings (SSSR count). The molecule has 0 spiro atoms. The minimum atomic E-state index is 0.0139. The second kappa shape index (κ2) is 6.97. The SMILES string of the molecule is CC(C)(NCCCc1cccc2ccccc12)c1ccccc1. The van der Waals surface area contributed by atoms with Crippen LogP contribution >= 0.6 is 0 Å². The molecule has 0 saturated carbocycles. The molecule has 0 atom stereocenters. The highest BCUT2D eigenvalue weighted by atomic mass is 14.9. The van der Waals surface area contributed by atoms with Gasteiger partial charge in [-0.2, -0.15) is 0 Å². The highest BCUT2D eigenvalue weighted by Crippen LogP contribution is 2.21. The molecule has 23 heavy (non-hydrogen) atoms. The second-order valence-corrected chi connectivity index (χ2v) is 6.66. The zero-order chi connectivity index (χ0) is 16.1. The smallest absolute Gasteiger partial charge is 0.0377 e. The third-order valence-electron chi connectivity index (χ3n) is 4.57. The molecule has 0 heterocycles. The van der Waals surface area contributed by atoms with E-state index in [0.29, 0.717) is 0 Å². The first-order valence-corrected chi connectivity index (χ1v) is 8.44. The van der Waals surface area contributed by atoms with Gasteiger partial charge >= 0.3 is 0 Å². The van der Waals surface area contributed by atoms with Crippen molar-refractivity contribution in [2.24, 2.45) is 0 Å². The van der Waals surface area contributed by atoms with E-state index in [0.717, 1.165) is 19.4 Å². The van der Waals surface area contributed by atoms with E-state index < -0.39 is 0 Å². The highest BCUT2D eigenvalue weighted by molar-refractivity contribution is 5.85. The molecule has 0 saturated heterocycles. The van der Waals surface area contributed by atoms with Crippen LogP contribution in [0.15, 0.2) is 72.8 Å². The van der Waals surface area contributed by atoms with E-state index >= 15 is 0 Å². The Labute approximate surface area is 139 Å². The monoisotopic (exact) mass is 303 g/mol. The Morgan fingerprint density at radius 1 is 0.783 bits per heavy atom. The molecule has 0 amide bonds. The van der Waals surface area contributed by atoms with Crippen LogP contribution in [0.25, 0.3) is 10.8 Å². The molecule has 1 N–H and O–H groups in total. The Balaban J connectivity index is 1.59. The summed E-state index contributed by atoms with van der Waals surface area (Å²) in [4.78, 5) is 0. The van der Waals surface area contributed by atoms with Gasteiger partial charge in [-0.3, -0.25) is 0 Å². The summed E-state index contributed by atoms with van der Waals surface area (Å²) in [5.74, 6) is 0. The lowest BCUT2D eigenvalue weighted by atomic mass is 9.94. The van der Waals surface area contributed by atoms with Crippen molar-refractivity contribution in [1.82, 2.24) is 5.32 Å². The number of hydrogen-bond donors (Lipinski definition) is 1. The molecule has 118 valence electrons. The van der Waals surface area contributed by atoms with Crippen molar-refractivity contribution in [2.45, 2.75) is 32.2 Å². The molecular weight excluding hydrogens is 278 g/mol. The van der Waals surface area contributed by atoms with Crippen molar-refractivity contribution < 1.29 is 0 Å². The van der Waals surface area contributed by atoms with E-state index in [1.807, 2.05) is 0 Å². The van der Waals surface area contributed by atoms with E-state index in [-0.39, 0.29) is 5.54 Å². The van der Waals surface area contributed by atoms with Crippen molar-refractivity contribution in [3.05, 3.63) is 83.9 Å². The summed E-state index contributed by atoms with van der Waals surface area (Å²) in [6.07, 6.45) is 2.25. The summed E-state index contributed by atoms with van der Waals surface area (Å²) in [5, 5.41) is 6.42. The lowest BCUT2D eigenvalue weighted by Crippen LogP contribution is -2.37. The summed E-state index contributed by atoms with van der Waals surface area (Å²) < 4.78 is 0. The fourth-order valence-corrected chi connectivity index (χ4v) is 3.15. The van der Waals surface area contributed by atoms with Gasteiger partial charge in [0.2, 0.25) is 0 Å². The normalized spacial score (nSPS) is 11.7.